The minimum absolute atomic E-state index is 0.0600. The van der Waals surface area contributed by atoms with Gasteiger partial charge in [0.15, 0.2) is 11.5 Å². The second kappa shape index (κ2) is 8.61. The molecule has 0 radical (unpaired) electrons. The Morgan fingerprint density at radius 2 is 2.00 bits per heavy atom. The molecule has 0 bridgehead atoms. The van der Waals surface area contributed by atoms with Gasteiger partial charge in [0.2, 0.25) is 5.91 Å². The van der Waals surface area contributed by atoms with Gasteiger partial charge in [0.1, 0.15) is 0 Å². The van der Waals surface area contributed by atoms with Gasteiger partial charge in [-0.1, -0.05) is 25.3 Å². The number of nitrogens with zero attached hydrogens (tertiary/aromatic N) is 1. The normalized spacial score (nSPS) is 15.6. The average molecular weight is 317 g/mol. The van der Waals surface area contributed by atoms with Crippen molar-refractivity contribution in [2.45, 2.75) is 45.1 Å². The molecule has 0 aliphatic heterocycles. The summed E-state index contributed by atoms with van der Waals surface area (Å²) < 4.78 is 10.8. The third-order valence-corrected chi connectivity index (χ3v) is 4.38. The van der Waals surface area contributed by atoms with Crippen molar-refractivity contribution in [1.82, 2.24) is 4.90 Å². The smallest absolute Gasteiger partial charge is 0.246 e. The van der Waals surface area contributed by atoms with Gasteiger partial charge < -0.3 is 14.4 Å². The molecule has 0 spiro atoms. The molecule has 4 nitrogen and oxygen atoms in total. The molecule has 1 aliphatic rings. The summed E-state index contributed by atoms with van der Waals surface area (Å²) in [6.45, 7) is 2.53. The molecule has 0 atom stereocenters. The van der Waals surface area contributed by atoms with Crippen LogP contribution >= 0.6 is 0 Å². The van der Waals surface area contributed by atoms with E-state index in [-0.39, 0.29) is 5.91 Å². The highest BCUT2D eigenvalue weighted by atomic mass is 16.5. The Kier molecular flexibility index (Phi) is 6.51. The van der Waals surface area contributed by atoms with Crippen molar-refractivity contribution in [3.63, 3.8) is 0 Å². The van der Waals surface area contributed by atoms with Crippen LogP contribution in [0.3, 0.4) is 0 Å². The number of hydrogen-bond acceptors (Lipinski definition) is 3. The van der Waals surface area contributed by atoms with Crippen LogP contribution in [0, 0.1) is 0 Å². The Morgan fingerprint density at radius 1 is 1.26 bits per heavy atom. The molecule has 23 heavy (non-hydrogen) atoms. The van der Waals surface area contributed by atoms with E-state index in [1.165, 1.54) is 19.3 Å². The van der Waals surface area contributed by atoms with Gasteiger partial charge in [-0.25, -0.2) is 0 Å². The molecule has 1 fully saturated rings. The van der Waals surface area contributed by atoms with E-state index in [0.29, 0.717) is 18.4 Å². The van der Waals surface area contributed by atoms with E-state index < -0.39 is 0 Å². The summed E-state index contributed by atoms with van der Waals surface area (Å²) in [5.41, 5.74) is 0.927. The largest absolute Gasteiger partial charge is 0.493 e. The molecule has 1 aromatic rings. The van der Waals surface area contributed by atoms with Crippen molar-refractivity contribution in [2.24, 2.45) is 0 Å². The van der Waals surface area contributed by atoms with Gasteiger partial charge in [0.05, 0.1) is 13.7 Å². The van der Waals surface area contributed by atoms with Crippen LogP contribution in [0.4, 0.5) is 0 Å². The molecular weight excluding hydrogens is 290 g/mol. The molecule has 4 heteroatoms. The molecule has 0 N–H and O–H groups in total. The van der Waals surface area contributed by atoms with Gasteiger partial charge in [0.25, 0.3) is 0 Å². The van der Waals surface area contributed by atoms with E-state index in [1.54, 1.807) is 13.2 Å². The first-order valence-corrected chi connectivity index (χ1v) is 8.41. The topological polar surface area (TPSA) is 38.8 Å². The van der Waals surface area contributed by atoms with E-state index in [2.05, 4.69) is 0 Å². The standard InChI is InChI=1S/C19H27NO3/c1-4-23-17-12-10-15(14-18(17)22-3)11-13-19(21)20(2)16-8-6-5-7-9-16/h10-14,16H,4-9H2,1-3H3. The van der Waals surface area contributed by atoms with Crippen LogP contribution in [-0.4, -0.2) is 37.6 Å². The minimum atomic E-state index is 0.0600. The van der Waals surface area contributed by atoms with Crippen LogP contribution in [0.25, 0.3) is 6.08 Å². The lowest BCUT2D eigenvalue weighted by Crippen LogP contribution is -2.37. The Morgan fingerprint density at radius 3 is 2.65 bits per heavy atom. The minimum Gasteiger partial charge on any atom is -0.493 e. The van der Waals surface area contributed by atoms with E-state index in [0.717, 1.165) is 24.2 Å². The fourth-order valence-corrected chi connectivity index (χ4v) is 3.00. The van der Waals surface area contributed by atoms with Crippen molar-refractivity contribution in [1.29, 1.82) is 0 Å². The predicted molar refractivity (Wildman–Crippen MR) is 92.8 cm³/mol. The lowest BCUT2D eigenvalue weighted by molar-refractivity contribution is -0.127. The van der Waals surface area contributed by atoms with Crippen molar-refractivity contribution in [3.05, 3.63) is 29.8 Å². The summed E-state index contributed by atoms with van der Waals surface area (Å²) in [5.74, 6) is 1.46. The van der Waals surface area contributed by atoms with Crippen LogP contribution < -0.4 is 9.47 Å². The van der Waals surface area contributed by atoms with Crippen LogP contribution in [0.2, 0.25) is 0 Å². The van der Waals surface area contributed by atoms with Gasteiger partial charge in [-0.3, -0.25) is 4.79 Å². The van der Waals surface area contributed by atoms with Crippen molar-refractivity contribution < 1.29 is 14.3 Å². The van der Waals surface area contributed by atoms with Gasteiger partial charge in [-0.2, -0.15) is 0 Å². The highest BCUT2D eigenvalue weighted by molar-refractivity contribution is 5.91. The Labute approximate surface area is 139 Å². The maximum Gasteiger partial charge on any atom is 0.246 e. The second-order valence-corrected chi connectivity index (χ2v) is 5.92. The third kappa shape index (κ3) is 4.75. The lowest BCUT2D eigenvalue weighted by Gasteiger charge is -2.30. The first kappa shape index (κ1) is 17.4. The molecule has 1 amide bonds. The molecule has 126 valence electrons. The SMILES string of the molecule is CCOc1ccc(C=CC(=O)N(C)C2CCCCC2)cc1OC. The monoisotopic (exact) mass is 317 g/mol. The number of amides is 1. The fourth-order valence-electron chi connectivity index (χ4n) is 3.00. The Balaban J connectivity index is 2.02. The quantitative estimate of drug-likeness (QED) is 0.747. The molecule has 1 aromatic carbocycles. The second-order valence-electron chi connectivity index (χ2n) is 5.92. The molecule has 0 unspecified atom stereocenters. The summed E-state index contributed by atoms with van der Waals surface area (Å²) in [6, 6.07) is 6.07. The van der Waals surface area contributed by atoms with E-state index in [4.69, 9.17) is 9.47 Å². The number of methoxy groups -OCH3 is 1. The van der Waals surface area contributed by atoms with Crippen molar-refractivity contribution >= 4 is 12.0 Å². The average Bonchev–Trinajstić information content (AvgIpc) is 2.60. The number of rotatable bonds is 6. The number of benzene rings is 1. The summed E-state index contributed by atoms with van der Waals surface area (Å²) in [6.07, 6.45) is 9.45. The van der Waals surface area contributed by atoms with E-state index >= 15 is 0 Å². The van der Waals surface area contributed by atoms with Crippen LogP contribution in [0.15, 0.2) is 24.3 Å². The van der Waals surface area contributed by atoms with Crippen LogP contribution in [0.1, 0.15) is 44.6 Å². The zero-order valence-corrected chi connectivity index (χ0v) is 14.4. The fraction of sp³-hybridized carbons (Fsp3) is 0.526. The molecule has 0 aromatic heterocycles. The number of hydrogen-bond donors (Lipinski definition) is 0. The number of carbonyl (C=O) groups is 1. The first-order valence-electron chi connectivity index (χ1n) is 8.41. The summed E-state index contributed by atoms with van der Waals surface area (Å²) in [4.78, 5) is 14.2. The molecule has 0 saturated heterocycles. The molecule has 1 aliphatic carbocycles. The first-order chi connectivity index (χ1) is 11.2. The maximum absolute atomic E-state index is 12.3. The Hall–Kier alpha value is -1.97. The zero-order chi connectivity index (χ0) is 16.7. The number of ether oxygens (including phenoxy) is 2. The molecule has 1 saturated carbocycles. The molecule has 0 heterocycles. The lowest BCUT2D eigenvalue weighted by atomic mass is 9.94. The molecular formula is C19H27NO3. The predicted octanol–water partition coefficient (Wildman–Crippen LogP) is 3.90. The highest BCUT2D eigenvalue weighted by Gasteiger charge is 2.20. The van der Waals surface area contributed by atoms with Gasteiger partial charge >= 0.3 is 0 Å². The van der Waals surface area contributed by atoms with Crippen molar-refractivity contribution in [3.8, 4) is 11.5 Å². The van der Waals surface area contributed by atoms with E-state index in [9.17, 15) is 4.79 Å². The summed E-state index contributed by atoms with van der Waals surface area (Å²) in [5, 5.41) is 0. The Bertz CT molecular complexity index is 548. The molecule has 2 rings (SSSR count). The third-order valence-electron chi connectivity index (χ3n) is 4.38. The van der Waals surface area contributed by atoms with Gasteiger partial charge in [-0.15, -0.1) is 0 Å². The number of likely N-dealkylation sites (N-methyl/N-ethyl adjacent to an activating group) is 1. The number of carbonyl (C=O) groups excluding carboxylic acids is 1. The zero-order valence-electron chi connectivity index (χ0n) is 14.4. The van der Waals surface area contributed by atoms with Crippen LogP contribution in [0.5, 0.6) is 11.5 Å². The van der Waals surface area contributed by atoms with Gasteiger partial charge in [0, 0.05) is 19.2 Å². The van der Waals surface area contributed by atoms with Crippen LogP contribution in [-0.2, 0) is 4.79 Å². The summed E-state index contributed by atoms with van der Waals surface area (Å²) in [7, 11) is 3.52. The highest BCUT2D eigenvalue weighted by Crippen LogP contribution is 2.28. The van der Waals surface area contributed by atoms with E-state index in [1.807, 2.05) is 43.1 Å². The summed E-state index contributed by atoms with van der Waals surface area (Å²) >= 11 is 0. The maximum atomic E-state index is 12.3. The van der Waals surface area contributed by atoms with Gasteiger partial charge in [-0.05, 0) is 43.5 Å². The van der Waals surface area contributed by atoms with Crippen molar-refractivity contribution in [2.75, 3.05) is 20.8 Å².